The molecule has 0 aliphatic carbocycles. The summed E-state index contributed by atoms with van der Waals surface area (Å²) in [6, 6.07) is 12.4. The number of nitrogens with zero attached hydrogens (tertiary/aromatic N) is 3. The Balaban J connectivity index is 1.80. The Morgan fingerprint density at radius 1 is 1.17 bits per heavy atom. The van der Waals surface area contributed by atoms with Crippen molar-refractivity contribution in [1.82, 2.24) is 9.97 Å². The third-order valence-electron chi connectivity index (χ3n) is 3.66. The predicted molar refractivity (Wildman–Crippen MR) is 109 cm³/mol. The second-order valence-electron chi connectivity index (χ2n) is 5.80. The maximum atomic E-state index is 14.1. The Kier molecular flexibility index (Phi) is 6.31. The first kappa shape index (κ1) is 21.3. The van der Waals surface area contributed by atoms with Gasteiger partial charge < -0.3 is 15.4 Å². The summed E-state index contributed by atoms with van der Waals surface area (Å²) in [6.45, 7) is -0.0831. The first-order valence-electron chi connectivity index (χ1n) is 8.25. The molecule has 12 heteroatoms. The number of anilines is 4. The standard InChI is InChI=1S/C18H14ClFN6O3S/c19-14-6-3-12(9-16(14)30(22,27)28)25-18-23-10-15(20)17(26-18)24-11-1-4-13(5-2-11)29-8-7-21/h1-6,9-10H,8H2,(H2,22,27,28)(H2,23,24,25,26). The van der Waals surface area contributed by atoms with E-state index < -0.39 is 15.8 Å². The topological polar surface area (TPSA) is 143 Å². The highest BCUT2D eigenvalue weighted by Gasteiger charge is 2.14. The minimum absolute atomic E-state index is 0.00978. The van der Waals surface area contributed by atoms with Crippen molar-refractivity contribution in [3.63, 3.8) is 0 Å². The van der Waals surface area contributed by atoms with E-state index in [1.807, 2.05) is 6.07 Å². The largest absolute Gasteiger partial charge is 0.479 e. The molecule has 3 aromatic rings. The van der Waals surface area contributed by atoms with Gasteiger partial charge in [-0.05, 0) is 42.5 Å². The van der Waals surface area contributed by atoms with Gasteiger partial charge in [0.25, 0.3) is 0 Å². The molecule has 2 aromatic carbocycles. The van der Waals surface area contributed by atoms with Crippen LogP contribution < -0.4 is 20.5 Å². The van der Waals surface area contributed by atoms with Crippen molar-refractivity contribution in [1.29, 1.82) is 5.26 Å². The molecule has 3 rings (SSSR count). The van der Waals surface area contributed by atoms with Crippen LogP contribution in [-0.4, -0.2) is 25.0 Å². The summed E-state index contributed by atoms with van der Waals surface area (Å²) in [5.74, 6) is -0.318. The van der Waals surface area contributed by atoms with Crippen LogP contribution in [0.1, 0.15) is 0 Å². The van der Waals surface area contributed by atoms with E-state index in [0.717, 1.165) is 6.20 Å². The van der Waals surface area contributed by atoms with E-state index in [2.05, 4.69) is 20.6 Å². The Hall–Kier alpha value is -3.46. The van der Waals surface area contributed by atoms with Crippen LogP contribution in [0.3, 0.4) is 0 Å². The highest BCUT2D eigenvalue weighted by atomic mass is 35.5. The van der Waals surface area contributed by atoms with Crippen molar-refractivity contribution >= 4 is 44.8 Å². The number of aromatic nitrogens is 2. The molecule has 1 heterocycles. The molecule has 0 saturated carbocycles. The number of ether oxygens (including phenoxy) is 1. The van der Waals surface area contributed by atoms with E-state index in [4.69, 9.17) is 26.7 Å². The number of benzene rings is 2. The monoisotopic (exact) mass is 448 g/mol. The van der Waals surface area contributed by atoms with Crippen LogP contribution in [-0.2, 0) is 10.0 Å². The molecule has 0 spiro atoms. The molecule has 1 aromatic heterocycles. The number of hydrogen-bond donors (Lipinski definition) is 3. The zero-order chi connectivity index (χ0) is 21.7. The van der Waals surface area contributed by atoms with Gasteiger partial charge in [0.05, 0.1) is 11.2 Å². The fraction of sp³-hybridized carbons (Fsp3) is 0.0556. The minimum Gasteiger partial charge on any atom is -0.479 e. The number of nitriles is 1. The van der Waals surface area contributed by atoms with E-state index in [-0.39, 0.29) is 28.3 Å². The van der Waals surface area contributed by atoms with Crippen LogP contribution in [0.25, 0.3) is 0 Å². The maximum absolute atomic E-state index is 14.1. The average molecular weight is 449 g/mol. The van der Waals surface area contributed by atoms with Crippen molar-refractivity contribution in [2.24, 2.45) is 5.14 Å². The molecule has 0 atom stereocenters. The Labute approximate surface area is 176 Å². The summed E-state index contributed by atoms with van der Waals surface area (Å²) in [5, 5.41) is 19.2. The van der Waals surface area contributed by atoms with E-state index in [1.54, 1.807) is 24.3 Å². The molecule has 154 valence electrons. The second-order valence-corrected chi connectivity index (χ2v) is 7.74. The fourth-order valence-corrected chi connectivity index (χ4v) is 3.40. The van der Waals surface area contributed by atoms with Crippen LogP contribution in [0, 0.1) is 17.1 Å². The number of rotatable bonds is 7. The highest BCUT2D eigenvalue weighted by Crippen LogP contribution is 2.26. The highest BCUT2D eigenvalue weighted by molar-refractivity contribution is 7.89. The van der Waals surface area contributed by atoms with Gasteiger partial charge in [0.2, 0.25) is 16.0 Å². The second kappa shape index (κ2) is 8.91. The van der Waals surface area contributed by atoms with Gasteiger partial charge in [-0.1, -0.05) is 11.6 Å². The molecule has 0 unspecified atom stereocenters. The number of nitrogens with two attached hydrogens (primary N) is 1. The summed E-state index contributed by atoms with van der Waals surface area (Å²) >= 11 is 5.86. The van der Waals surface area contributed by atoms with Gasteiger partial charge in [-0.3, -0.25) is 0 Å². The first-order chi connectivity index (χ1) is 14.3. The molecule has 0 aliphatic rings. The minimum atomic E-state index is -4.03. The number of nitrogens with one attached hydrogen (secondary N) is 2. The lowest BCUT2D eigenvalue weighted by Crippen LogP contribution is -2.13. The van der Waals surface area contributed by atoms with E-state index in [1.165, 1.54) is 18.2 Å². The lowest BCUT2D eigenvalue weighted by Gasteiger charge is -2.11. The summed E-state index contributed by atoms with van der Waals surface area (Å²) < 4.78 is 42.5. The predicted octanol–water partition coefficient (Wildman–Crippen LogP) is 3.31. The smallest absolute Gasteiger partial charge is 0.239 e. The molecule has 0 bridgehead atoms. The van der Waals surface area contributed by atoms with Crippen molar-refractivity contribution in [3.05, 3.63) is 59.5 Å². The van der Waals surface area contributed by atoms with Gasteiger partial charge in [-0.25, -0.2) is 22.9 Å². The first-order valence-corrected chi connectivity index (χ1v) is 10.2. The van der Waals surface area contributed by atoms with Crippen LogP contribution in [0.2, 0.25) is 5.02 Å². The van der Waals surface area contributed by atoms with Crippen LogP contribution in [0.5, 0.6) is 5.75 Å². The fourth-order valence-electron chi connectivity index (χ4n) is 2.33. The van der Waals surface area contributed by atoms with Crippen molar-refractivity contribution in [2.75, 3.05) is 17.2 Å². The van der Waals surface area contributed by atoms with Gasteiger partial charge in [0, 0.05) is 11.4 Å². The number of sulfonamides is 1. The zero-order valence-electron chi connectivity index (χ0n) is 15.1. The number of hydrogen-bond acceptors (Lipinski definition) is 8. The molecule has 0 fully saturated rings. The zero-order valence-corrected chi connectivity index (χ0v) is 16.7. The third-order valence-corrected chi connectivity index (χ3v) is 5.05. The van der Waals surface area contributed by atoms with E-state index >= 15 is 0 Å². The normalized spacial score (nSPS) is 10.9. The molecule has 30 heavy (non-hydrogen) atoms. The summed E-state index contributed by atoms with van der Waals surface area (Å²) in [7, 11) is -4.03. The number of halogens is 2. The van der Waals surface area contributed by atoms with Crippen molar-refractivity contribution in [3.8, 4) is 11.8 Å². The molecule has 4 N–H and O–H groups in total. The van der Waals surface area contributed by atoms with Crippen LogP contribution >= 0.6 is 11.6 Å². The van der Waals surface area contributed by atoms with E-state index in [9.17, 15) is 12.8 Å². The molecule has 0 amide bonds. The quantitative estimate of drug-likeness (QED) is 0.499. The SMILES string of the molecule is N#CCOc1ccc(Nc2nc(Nc3ccc(Cl)c(S(N)(=O)=O)c3)ncc2F)cc1. The molecule has 0 aliphatic heterocycles. The molecular weight excluding hydrogens is 435 g/mol. The van der Waals surface area contributed by atoms with Gasteiger partial charge in [-0.2, -0.15) is 10.2 Å². The van der Waals surface area contributed by atoms with Crippen molar-refractivity contribution < 1.29 is 17.5 Å². The Morgan fingerprint density at radius 3 is 2.53 bits per heavy atom. The van der Waals surface area contributed by atoms with Crippen molar-refractivity contribution in [2.45, 2.75) is 4.90 Å². The van der Waals surface area contributed by atoms with Gasteiger partial charge >= 0.3 is 0 Å². The van der Waals surface area contributed by atoms with Crippen LogP contribution in [0.15, 0.2) is 53.6 Å². The average Bonchev–Trinajstić information content (AvgIpc) is 2.70. The molecule has 0 saturated heterocycles. The Bertz CT molecular complexity index is 1220. The molecule has 0 radical (unpaired) electrons. The summed E-state index contributed by atoms with van der Waals surface area (Å²) in [5.41, 5.74) is 0.811. The summed E-state index contributed by atoms with van der Waals surface area (Å²) in [6.07, 6.45) is 0.957. The van der Waals surface area contributed by atoms with Gasteiger partial charge in [0.1, 0.15) is 16.7 Å². The lowest BCUT2D eigenvalue weighted by atomic mass is 10.3. The molecular formula is C18H14ClFN6O3S. The number of primary sulfonamides is 1. The summed E-state index contributed by atoms with van der Waals surface area (Å²) in [4.78, 5) is 7.62. The lowest BCUT2D eigenvalue weighted by molar-refractivity contribution is 0.368. The maximum Gasteiger partial charge on any atom is 0.239 e. The van der Waals surface area contributed by atoms with Crippen LogP contribution in [0.4, 0.5) is 27.5 Å². The Morgan fingerprint density at radius 2 is 1.87 bits per heavy atom. The van der Waals surface area contributed by atoms with E-state index in [0.29, 0.717) is 17.1 Å². The molecule has 9 nitrogen and oxygen atoms in total. The third kappa shape index (κ3) is 5.32. The van der Waals surface area contributed by atoms with Gasteiger partial charge in [0.15, 0.2) is 18.2 Å². The van der Waals surface area contributed by atoms with Gasteiger partial charge in [-0.15, -0.1) is 0 Å².